The normalized spacial score (nSPS) is 27.4. The standard InChI is InChI=1S/C15H27N5O/c1-3-16-10-12-6-8-20(9-7-12)15-17-14(18-19-15)13-5-4-11(2)21-13/h11-13,16H,3-10H2,1-2H3,(H,17,18,19). The molecule has 2 unspecified atom stereocenters. The number of nitrogens with zero attached hydrogens (tertiary/aromatic N) is 3. The molecule has 2 aliphatic rings. The molecule has 2 N–H and O–H groups in total. The first-order chi connectivity index (χ1) is 10.3. The lowest BCUT2D eigenvalue weighted by Crippen LogP contribution is -2.37. The van der Waals surface area contributed by atoms with Crippen LogP contribution in [0.2, 0.25) is 0 Å². The number of hydrogen-bond acceptors (Lipinski definition) is 5. The summed E-state index contributed by atoms with van der Waals surface area (Å²) in [6, 6.07) is 0. The minimum atomic E-state index is 0.104. The molecule has 6 nitrogen and oxygen atoms in total. The van der Waals surface area contributed by atoms with Gasteiger partial charge in [-0.05, 0) is 51.6 Å². The van der Waals surface area contributed by atoms with E-state index in [4.69, 9.17) is 4.74 Å². The Kier molecular flexibility index (Phi) is 4.75. The van der Waals surface area contributed by atoms with Crippen molar-refractivity contribution in [3.05, 3.63) is 5.82 Å². The van der Waals surface area contributed by atoms with Crippen LogP contribution in [0.15, 0.2) is 0 Å². The number of rotatable bonds is 5. The first-order valence-corrected chi connectivity index (χ1v) is 8.29. The monoisotopic (exact) mass is 293 g/mol. The second-order valence-electron chi connectivity index (χ2n) is 6.27. The lowest BCUT2D eigenvalue weighted by atomic mass is 9.97. The van der Waals surface area contributed by atoms with Gasteiger partial charge in [0.1, 0.15) is 6.10 Å². The molecule has 0 spiro atoms. The molecule has 0 bridgehead atoms. The van der Waals surface area contributed by atoms with Gasteiger partial charge in [-0.3, -0.25) is 5.10 Å². The van der Waals surface area contributed by atoms with Gasteiger partial charge in [0.2, 0.25) is 5.95 Å². The van der Waals surface area contributed by atoms with E-state index < -0.39 is 0 Å². The van der Waals surface area contributed by atoms with Crippen molar-refractivity contribution >= 4 is 5.95 Å². The van der Waals surface area contributed by atoms with E-state index in [0.717, 1.165) is 56.7 Å². The number of ether oxygens (including phenoxy) is 1. The lowest BCUT2D eigenvalue weighted by Gasteiger charge is -2.31. The fraction of sp³-hybridized carbons (Fsp3) is 0.867. The molecule has 2 atom stereocenters. The molecule has 2 aliphatic heterocycles. The molecule has 0 radical (unpaired) electrons. The summed E-state index contributed by atoms with van der Waals surface area (Å²) in [5.41, 5.74) is 0. The van der Waals surface area contributed by atoms with Gasteiger partial charge in [-0.2, -0.15) is 4.98 Å². The fourth-order valence-electron chi connectivity index (χ4n) is 3.24. The van der Waals surface area contributed by atoms with Crippen LogP contribution in [0, 0.1) is 5.92 Å². The van der Waals surface area contributed by atoms with Gasteiger partial charge in [0.05, 0.1) is 6.10 Å². The molecule has 3 rings (SSSR count). The van der Waals surface area contributed by atoms with Crippen molar-refractivity contribution in [1.82, 2.24) is 20.5 Å². The summed E-state index contributed by atoms with van der Waals surface area (Å²) in [6.45, 7) is 8.58. The van der Waals surface area contributed by atoms with Crippen LogP contribution in [0.4, 0.5) is 5.95 Å². The highest BCUT2D eigenvalue weighted by Gasteiger charge is 2.28. The summed E-state index contributed by atoms with van der Waals surface area (Å²) in [5.74, 6) is 2.53. The van der Waals surface area contributed by atoms with E-state index >= 15 is 0 Å². The minimum Gasteiger partial charge on any atom is -0.367 e. The summed E-state index contributed by atoms with van der Waals surface area (Å²) < 4.78 is 5.85. The molecular weight excluding hydrogens is 266 g/mol. The van der Waals surface area contributed by atoms with E-state index in [-0.39, 0.29) is 6.10 Å². The number of aromatic nitrogens is 3. The predicted octanol–water partition coefficient (Wildman–Crippen LogP) is 1.87. The molecule has 2 fully saturated rings. The molecular formula is C15H27N5O. The number of piperidine rings is 1. The Morgan fingerprint density at radius 3 is 2.76 bits per heavy atom. The van der Waals surface area contributed by atoms with Crippen molar-refractivity contribution in [2.75, 3.05) is 31.1 Å². The minimum absolute atomic E-state index is 0.104. The van der Waals surface area contributed by atoms with Gasteiger partial charge < -0.3 is 15.0 Å². The summed E-state index contributed by atoms with van der Waals surface area (Å²) in [5, 5.41) is 10.9. The van der Waals surface area contributed by atoms with Gasteiger partial charge in [0.15, 0.2) is 5.82 Å². The van der Waals surface area contributed by atoms with Crippen LogP contribution in [-0.4, -0.2) is 47.5 Å². The summed E-state index contributed by atoms with van der Waals surface area (Å²) in [4.78, 5) is 6.95. The third kappa shape index (κ3) is 3.55. The van der Waals surface area contributed by atoms with Crippen LogP contribution < -0.4 is 10.2 Å². The fourth-order valence-corrected chi connectivity index (χ4v) is 3.24. The topological polar surface area (TPSA) is 66.1 Å². The molecule has 0 aromatic carbocycles. The van der Waals surface area contributed by atoms with E-state index in [1.807, 2.05) is 0 Å². The molecule has 118 valence electrons. The lowest BCUT2D eigenvalue weighted by molar-refractivity contribution is 0.0505. The maximum Gasteiger partial charge on any atom is 0.244 e. The van der Waals surface area contributed by atoms with Crippen LogP contribution >= 0.6 is 0 Å². The van der Waals surface area contributed by atoms with Crippen LogP contribution in [0.3, 0.4) is 0 Å². The SMILES string of the molecule is CCNCC1CCN(c2n[nH]c(C3CCC(C)O3)n2)CC1. The second kappa shape index (κ2) is 6.75. The van der Waals surface area contributed by atoms with Crippen molar-refractivity contribution < 1.29 is 4.74 Å². The Morgan fingerprint density at radius 1 is 1.29 bits per heavy atom. The predicted molar refractivity (Wildman–Crippen MR) is 82.4 cm³/mol. The van der Waals surface area contributed by atoms with E-state index in [1.54, 1.807) is 0 Å². The Hall–Kier alpha value is -1.14. The number of hydrogen-bond donors (Lipinski definition) is 2. The molecule has 2 saturated heterocycles. The smallest absolute Gasteiger partial charge is 0.244 e. The van der Waals surface area contributed by atoms with E-state index in [0.29, 0.717) is 6.10 Å². The van der Waals surface area contributed by atoms with Gasteiger partial charge in [0, 0.05) is 13.1 Å². The first-order valence-electron chi connectivity index (χ1n) is 8.29. The average Bonchev–Trinajstić information content (AvgIpc) is 3.14. The van der Waals surface area contributed by atoms with E-state index in [2.05, 4.69) is 39.2 Å². The Morgan fingerprint density at radius 2 is 2.10 bits per heavy atom. The number of anilines is 1. The zero-order valence-corrected chi connectivity index (χ0v) is 13.1. The molecule has 3 heterocycles. The highest BCUT2D eigenvalue weighted by Crippen LogP contribution is 2.31. The molecule has 6 heteroatoms. The van der Waals surface area contributed by atoms with Gasteiger partial charge in [0.25, 0.3) is 0 Å². The average molecular weight is 293 g/mol. The highest BCUT2D eigenvalue weighted by atomic mass is 16.5. The third-order valence-electron chi connectivity index (χ3n) is 4.61. The molecule has 0 saturated carbocycles. The summed E-state index contributed by atoms with van der Waals surface area (Å²) >= 11 is 0. The van der Waals surface area contributed by atoms with Gasteiger partial charge >= 0.3 is 0 Å². The zero-order valence-electron chi connectivity index (χ0n) is 13.1. The van der Waals surface area contributed by atoms with Crippen LogP contribution in [0.5, 0.6) is 0 Å². The molecule has 1 aromatic rings. The van der Waals surface area contributed by atoms with E-state index in [1.165, 1.54) is 12.8 Å². The largest absolute Gasteiger partial charge is 0.367 e. The van der Waals surface area contributed by atoms with E-state index in [9.17, 15) is 0 Å². The number of H-pyrrole nitrogens is 1. The Labute approximate surface area is 126 Å². The third-order valence-corrected chi connectivity index (χ3v) is 4.61. The number of nitrogens with one attached hydrogen (secondary N) is 2. The molecule has 21 heavy (non-hydrogen) atoms. The summed E-state index contributed by atoms with van der Waals surface area (Å²) in [6.07, 6.45) is 5.02. The Balaban J connectivity index is 1.53. The first kappa shape index (κ1) is 14.8. The maximum atomic E-state index is 5.85. The van der Waals surface area contributed by atoms with Crippen LogP contribution in [0.1, 0.15) is 51.5 Å². The van der Waals surface area contributed by atoms with Crippen molar-refractivity contribution in [2.45, 2.75) is 51.7 Å². The van der Waals surface area contributed by atoms with Crippen LogP contribution in [-0.2, 0) is 4.74 Å². The van der Waals surface area contributed by atoms with Gasteiger partial charge in [-0.1, -0.05) is 6.92 Å². The second-order valence-corrected chi connectivity index (χ2v) is 6.27. The molecule has 1 aromatic heterocycles. The molecule has 0 amide bonds. The Bertz CT molecular complexity index is 441. The molecule has 0 aliphatic carbocycles. The quantitative estimate of drug-likeness (QED) is 0.867. The van der Waals surface area contributed by atoms with Crippen molar-refractivity contribution in [1.29, 1.82) is 0 Å². The summed E-state index contributed by atoms with van der Waals surface area (Å²) in [7, 11) is 0. The van der Waals surface area contributed by atoms with Crippen molar-refractivity contribution in [3.63, 3.8) is 0 Å². The van der Waals surface area contributed by atoms with Crippen molar-refractivity contribution in [2.24, 2.45) is 5.92 Å². The number of aromatic amines is 1. The zero-order chi connectivity index (χ0) is 14.7. The highest BCUT2D eigenvalue weighted by molar-refractivity contribution is 5.29. The van der Waals surface area contributed by atoms with Gasteiger partial charge in [-0.15, -0.1) is 5.10 Å². The van der Waals surface area contributed by atoms with Gasteiger partial charge in [-0.25, -0.2) is 0 Å². The maximum absolute atomic E-state index is 5.85. The van der Waals surface area contributed by atoms with Crippen LogP contribution in [0.25, 0.3) is 0 Å². The van der Waals surface area contributed by atoms with Crippen molar-refractivity contribution in [3.8, 4) is 0 Å².